The van der Waals surface area contributed by atoms with Crippen LogP contribution in [-0.2, 0) is 21.8 Å². The van der Waals surface area contributed by atoms with Crippen molar-refractivity contribution < 1.29 is 9.59 Å². The van der Waals surface area contributed by atoms with Crippen molar-refractivity contribution in [1.82, 2.24) is 9.97 Å². The number of thioether (sulfide) groups is 1. The largest absolute Gasteiger partial charge is 0.326 e. The van der Waals surface area contributed by atoms with Gasteiger partial charge in [-0.05, 0) is 36.6 Å². The van der Waals surface area contributed by atoms with E-state index in [0.29, 0.717) is 16.6 Å². The number of carbonyl (C=O) groups excluding carboxylic acids is 2. The number of carbonyl (C=O) groups is 2. The number of nitrogens with one attached hydrogen (secondary N) is 3. The number of amides is 2. The highest BCUT2D eigenvalue weighted by molar-refractivity contribution is 7.98. The van der Waals surface area contributed by atoms with E-state index in [2.05, 4.69) is 33.6 Å². The zero-order chi connectivity index (χ0) is 22.7. The minimum Gasteiger partial charge on any atom is -0.326 e. The van der Waals surface area contributed by atoms with E-state index >= 15 is 0 Å². The Morgan fingerprint density at radius 2 is 1.94 bits per heavy atom. The first kappa shape index (κ1) is 21.8. The average Bonchev–Trinajstić information content (AvgIpc) is 2.77. The summed E-state index contributed by atoms with van der Waals surface area (Å²) >= 11 is 1.37. The summed E-state index contributed by atoms with van der Waals surface area (Å²) in [4.78, 5) is 45.3. The van der Waals surface area contributed by atoms with E-state index in [9.17, 15) is 14.4 Å². The highest BCUT2D eigenvalue weighted by atomic mass is 32.2. The van der Waals surface area contributed by atoms with Crippen molar-refractivity contribution in [1.29, 1.82) is 0 Å². The Bertz CT molecular complexity index is 1220. The molecule has 8 heteroatoms. The quantitative estimate of drug-likeness (QED) is 0.391. The number of nitrogens with zero attached hydrogens (tertiary/aromatic N) is 1. The molecule has 3 aromatic rings. The zero-order valence-corrected chi connectivity index (χ0v) is 18.7. The van der Waals surface area contributed by atoms with Crippen LogP contribution in [0.2, 0.25) is 0 Å². The van der Waals surface area contributed by atoms with Crippen molar-refractivity contribution in [2.24, 2.45) is 0 Å². The van der Waals surface area contributed by atoms with E-state index in [1.165, 1.54) is 11.8 Å². The molecule has 2 aromatic carbocycles. The molecule has 2 heterocycles. The molecule has 0 fully saturated rings. The van der Waals surface area contributed by atoms with Gasteiger partial charge in [0.05, 0.1) is 11.5 Å². The Morgan fingerprint density at radius 3 is 2.66 bits per heavy atom. The van der Waals surface area contributed by atoms with Gasteiger partial charge in [-0.3, -0.25) is 14.4 Å². The third kappa shape index (κ3) is 4.91. The molecule has 1 aliphatic heterocycles. The van der Waals surface area contributed by atoms with E-state index in [-0.39, 0.29) is 23.7 Å². The van der Waals surface area contributed by atoms with Crippen LogP contribution < -0.4 is 16.2 Å². The first-order chi connectivity index (χ1) is 15.4. The highest BCUT2D eigenvalue weighted by Gasteiger charge is 2.34. The van der Waals surface area contributed by atoms with Crippen molar-refractivity contribution >= 4 is 35.1 Å². The summed E-state index contributed by atoms with van der Waals surface area (Å²) in [6, 6.07) is 15.6. The van der Waals surface area contributed by atoms with E-state index in [1.807, 2.05) is 49.4 Å². The standard InChI is InChI=1S/C24H24N4O3S/c1-3-15-7-9-17(10-8-15)25-22(30)18-12-19(29)26-21-20(18)23(31)28-24(27-21)32-13-16-6-4-5-14(2)11-16/h4-11,18H,3,12-13H2,1-2H3,(H,25,30)(H2,26,27,28,29,31)/t18-/m0/s1. The third-order valence-electron chi connectivity index (χ3n) is 5.33. The van der Waals surface area contributed by atoms with Crippen molar-refractivity contribution in [2.45, 2.75) is 43.5 Å². The summed E-state index contributed by atoms with van der Waals surface area (Å²) < 4.78 is 0. The highest BCUT2D eigenvalue weighted by Crippen LogP contribution is 2.31. The molecule has 2 amide bonds. The number of aromatic amines is 1. The monoisotopic (exact) mass is 448 g/mol. The fourth-order valence-corrected chi connectivity index (χ4v) is 4.45. The van der Waals surface area contributed by atoms with Crippen molar-refractivity contribution in [3.05, 3.63) is 81.1 Å². The second-order valence-electron chi connectivity index (χ2n) is 7.76. The maximum Gasteiger partial charge on any atom is 0.257 e. The molecule has 1 aliphatic rings. The van der Waals surface area contributed by atoms with Crippen LogP contribution in [0.4, 0.5) is 11.5 Å². The van der Waals surface area contributed by atoms with Gasteiger partial charge >= 0.3 is 0 Å². The van der Waals surface area contributed by atoms with Gasteiger partial charge in [-0.2, -0.15) is 0 Å². The minimum absolute atomic E-state index is 0.105. The van der Waals surface area contributed by atoms with Gasteiger partial charge in [-0.15, -0.1) is 0 Å². The smallest absolute Gasteiger partial charge is 0.257 e. The predicted octanol–water partition coefficient (Wildman–Crippen LogP) is 4.00. The van der Waals surface area contributed by atoms with E-state index < -0.39 is 17.4 Å². The molecule has 1 aromatic heterocycles. The van der Waals surface area contributed by atoms with Crippen molar-refractivity contribution in [3.63, 3.8) is 0 Å². The summed E-state index contributed by atoms with van der Waals surface area (Å²) in [6.45, 7) is 4.07. The van der Waals surface area contributed by atoms with Gasteiger partial charge < -0.3 is 15.6 Å². The number of hydrogen-bond acceptors (Lipinski definition) is 5. The van der Waals surface area contributed by atoms with E-state index in [1.54, 1.807) is 0 Å². The molecule has 7 nitrogen and oxygen atoms in total. The maximum atomic E-state index is 12.9. The SMILES string of the molecule is CCc1ccc(NC(=O)[C@H]2CC(=O)Nc3nc(SCc4cccc(C)c4)[nH]c(=O)c32)cc1. The van der Waals surface area contributed by atoms with Crippen LogP contribution in [-0.4, -0.2) is 21.8 Å². The lowest BCUT2D eigenvalue weighted by Crippen LogP contribution is -2.36. The molecule has 0 unspecified atom stereocenters. The van der Waals surface area contributed by atoms with Crippen LogP contribution in [0.25, 0.3) is 0 Å². The number of benzene rings is 2. The number of anilines is 2. The lowest BCUT2D eigenvalue weighted by atomic mass is 9.92. The summed E-state index contributed by atoms with van der Waals surface area (Å²) in [7, 11) is 0. The fourth-order valence-electron chi connectivity index (χ4n) is 3.65. The summed E-state index contributed by atoms with van der Waals surface area (Å²) in [5, 5.41) is 5.86. The lowest BCUT2D eigenvalue weighted by Gasteiger charge is -2.23. The van der Waals surface area contributed by atoms with Crippen molar-refractivity contribution in [2.75, 3.05) is 10.6 Å². The van der Waals surface area contributed by atoms with Gasteiger partial charge in [-0.25, -0.2) is 4.98 Å². The number of aromatic nitrogens is 2. The second-order valence-corrected chi connectivity index (χ2v) is 8.72. The zero-order valence-electron chi connectivity index (χ0n) is 17.9. The summed E-state index contributed by atoms with van der Waals surface area (Å²) in [5.41, 5.74) is 3.80. The Hall–Kier alpha value is -3.39. The molecule has 32 heavy (non-hydrogen) atoms. The number of hydrogen-bond donors (Lipinski definition) is 3. The molecule has 4 rings (SSSR count). The van der Waals surface area contributed by atoms with Crippen LogP contribution in [0.3, 0.4) is 0 Å². The molecule has 0 radical (unpaired) electrons. The lowest BCUT2D eigenvalue weighted by molar-refractivity contribution is -0.123. The summed E-state index contributed by atoms with van der Waals surface area (Å²) in [6.07, 6.45) is 0.794. The molecular formula is C24H24N4O3S. The second kappa shape index (κ2) is 9.40. The van der Waals surface area contributed by atoms with Crippen LogP contribution in [0.15, 0.2) is 58.5 Å². The number of H-pyrrole nitrogens is 1. The normalized spacial score (nSPS) is 15.1. The summed E-state index contributed by atoms with van der Waals surface area (Å²) in [5.74, 6) is -0.880. The van der Waals surface area contributed by atoms with Gasteiger partial charge in [0.15, 0.2) is 5.16 Å². The van der Waals surface area contributed by atoms with Gasteiger partial charge in [0.2, 0.25) is 11.8 Å². The molecule has 0 spiro atoms. The molecule has 0 saturated heterocycles. The van der Waals surface area contributed by atoms with Crippen LogP contribution in [0.5, 0.6) is 0 Å². The van der Waals surface area contributed by atoms with Gasteiger partial charge in [0, 0.05) is 17.9 Å². The Labute approximate surface area is 190 Å². The topological polar surface area (TPSA) is 104 Å². The average molecular weight is 449 g/mol. The Balaban J connectivity index is 1.55. The maximum absolute atomic E-state index is 12.9. The van der Waals surface area contributed by atoms with Gasteiger partial charge in [0.1, 0.15) is 5.82 Å². The van der Waals surface area contributed by atoms with Gasteiger partial charge in [0.25, 0.3) is 5.56 Å². The van der Waals surface area contributed by atoms with Gasteiger partial charge in [-0.1, -0.05) is 60.6 Å². The number of aryl methyl sites for hydroxylation is 2. The molecule has 0 bridgehead atoms. The molecule has 0 aliphatic carbocycles. The third-order valence-corrected chi connectivity index (χ3v) is 6.28. The van der Waals surface area contributed by atoms with E-state index in [4.69, 9.17) is 0 Å². The van der Waals surface area contributed by atoms with Crippen molar-refractivity contribution in [3.8, 4) is 0 Å². The fraction of sp³-hybridized carbons (Fsp3) is 0.250. The molecule has 3 N–H and O–H groups in total. The Kier molecular flexibility index (Phi) is 6.41. The van der Waals surface area contributed by atoms with E-state index in [0.717, 1.165) is 23.1 Å². The molecular weight excluding hydrogens is 424 g/mol. The van der Waals surface area contributed by atoms with Crippen LogP contribution >= 0.6 is 11.8 Å². The number of rotatable bonds is 6. The molecule has 164 valence electrons. The van der Waals surface area contributed by atoms with Crippen LogP contribution in [0.1, 0.15) is 41.5 Å². The Morgan fingerprint density at radius 1 is 1.16 bits per heavy atom. The number of fused-ring (bicyclic) bond motifs is 1. The van der Waals surface area contributed by atoms with Crippen LogP contribution in [0, 0.1) is 6.92 Å². The minimum atomic E-state index is -0.906. The molecule has 0 saturated carbocycles. The first-order valence-corrected chi connectivity index (χ1v) is 11.4. The molecule has 1 atom stereocenters. The predicted molar refractivity (Wildman–Crippen MR) is 126 cm³/mol. The first-order valence-electron chi connectivity index (χ1n) is 10.4.